The van der Waals surface area contributed by atoms with Crippen molar-refractivity contribution in [2.45, 2.75) is 0 Å². The van der Waals surface area contributed by atoms with E-state index in [4.69, 9.17) is 11.6 Å². The van der Waals surface area contributed by atoms with Crippen molar-refractivity contribution >= 4 is 61.5 Å². The smallest absolute Gasteiger partial charge is 0.423 e. The molecular weight excluding hydrogens is 286 g/mol. The van der Waals surface area contributed by atoms with Gasteiger partial charge in [-0.05, 0) is 38.8 Å². The number of benzene rings is 1. The minimum atomic E-state index is -1.51. The van der Waals surface area contributed by atoms with Crippen molar-refractivity contribution in [3.63, 3.8) is 0 Å². The minimum Gasteiger partial charge on any atom is -0.423 e. The van der Waals surface area contributed by atoms with E-state index in [1.165, 1.54) is 11.3 Å². The standard InChI is InChI=1S/C8H5BBrClO2S/c10-8-5(11)3-6-4(1-2-14-6)7(8)9(12)13/h1-3,12-13H. The number of halogens is 2. The summed E-state index contributed by atoms with van der Waals surface area (Å²) in [4.78, 5) is 0. The number of hydrogen-bond donors (Lipinski definition) is 2. The Morgan fingerprint density at radius 1 is 1.43 bits per heavy atom. The largest absolute Gasteiger partial charge is 0.490 e. The number of thiophene rings is 1. The van der Waals surface area contributed by atoms with E-state index in [1.54, 1.807) is 6.07 Å². The lowest BCUT2D eigenvalue weighted by Crippen LogP contribution is -2.31. The van der Waals surface area contributed by atoms with Gasteiger partial charge in [-0.3, -0.25) is 0 Å². The van der Waals surface area contributed by atoms with Crippen LogP contribution < -0.4 is 5.46 Å². The molecule has 0 aliphatic rings. The molecule has 1 heterocycles. The Hall–Kier alpha value is -0.0651. The molecule has 0 aliphatic carbocycles. The molecule has 2 N–H and O–H groups in total. The normalized spacial score (nSPS) is 10.9. The topological polar surface area (TPSA) is 40.5 Å². The molecule has 0 radical (unpaired) electrons. The van der Waals surface area contributed by atoms with E-state index in [1.807, 2.05) is 11.4 Å². The van der Waals surface area contributed by atoms with Crippen LogP contribution >= 0.6 is 38.9 Å². The molecule has 0 bridgehead atoms. The average Bonchev–Trinajstić information content (AvgIpc) is 2.52. The van der Waals surface area contributed by atoms with E-state index >= 15 is 0 Å². The number of fused-ring (bicyclic) bond motifs is 1. The SMILES string of the molecule is OB(O)c1c(Br)c(Cl)cc2sccc12. The van der Waals surface area contributed by atoms with E-state index in [2.05, 4.69) is 15.9 Å². The first-order valence-corrected chi connectivity index (χ1v) is 5.87. The van der Waals surface area contributed by atoms with E-state index in [9.17, 15) is 10.0 Å². The molecule has 0 saturated heterocycles. The second-order valence-corrected chi connectivity index (χ2v) is 4.94. The summed E-state index contributed by atoms with van der Waals surface area (Å²) in [6.45, 7) is 0. The Morgan fingerprint density at radius 3 is 2.79 bits per heavy atom. The van der Waals surface area contributed by atoms with Crippen LogP contribution in [0.1, 0.15) is 0 Å². The molecule has 0 aliphatic heterocycles. The van der Waals surface area contributed by atoms with Gasteiger partial charge in [-0.1, -0.05) is 11.6 Å². The molecule has 0 atom stereocenters. The van der Waals surface area contributed by atoms with Gasteiger partial charge in [-0.15, -0.1) is 11.3 Å². The van der Waals surface area contributed by atoms with Gasteiger partial charge in [0.05, 0.1) is 5.02 Å². The van der Waals surface area contributed by atoms with Gasteiger partial charge in [0.2, 0.25) is 0 Å². The fraction of sp³-hybridized carbons (Fsp3) is 0. The monoisotopic (exact) mass is 290 g/mol. The van der Waals surface area contributed by atoms with Crippen LogP contribution in [0.15, 0.2) is 22.0 Å². The molecule has 0 amide bonds. The van der Waals surface area contributed by atoms with Gasteiger partial charge < -0.3 is 10.0 Å². The second kappa shape index (κ2) is 3.83. The van der Waals surface area contributed by atoms with Gasteiger partial charge in [0.1, 0.15) is 0 Å². The molecule has 2 aromatic rings. The highest BCUT2D eigenvalue weighted by Gasteiger charge is 2.21. The number of rotatable bonds is 1. The highest BCUT2D eigenvalue weighted by Crippen LogP contribution is 2.29. The zero-order chi connectivity index (χ0) is 10.3. The Kier molecular flexibility index (Phi) is 2.86. The lowest BCUT2D eigenvalue weighted by molar-refractivity contribution is 0.426. The molecule has 2 nitrogen and oxygen atoms in total. The first-order chi connectivity index (χ1) is 6.61. The Balaban J connectivity index is 2.86. The fourth-order valence-electron chi connectivity index (χ4n) is 1.33. The van der Waals surface area contributed by atoms with Gasteiger partial charge in [0, 0.05) is 14.6 Å². The van der Waals surface area contributed by atoms with Crippen LogP contribution in [0.2, 0.25) is 5.02 Å². The van der Waals surface area contributed by atoms with Crippen LogP contribution in [-0.2, 0) is 0 Å². The quantitative estimate of drug-likeness (QED) is 0.789. The molecule has 72 valence electrons. The molecule has 1 aromatic heterocycles. The first kappa shape index (κ1) is 10.5. The van der Waals surface area contributed by atoms with Crippen molar-refractivity contribution in [3.8, 4) is 0 Å². The zero-order valence-electron chi connectivity index (χ0n) is 6.87. The molecule has 1 aromatic carbocycles. The Morgan fingerprint density at radius 2 is 2.14 bits per heavy atom. The third-order valence-corrected chi connectivity index (χ3v) is 4.19. The molecule has 2 rings (SSSR count). The Bertz CT molecular complexity index is 485. The minimum absolute atomic E-state index is 0.425. The maximum absolute atomic E-state index is 9.22. The summed E-state index contributed by atoms with van der Waals surface area (Å²) in [6, 6.07) is 3.65. The fourth-order valence-corrected chi connectivity index (χ4v) is 2.98. The lowest BCUT2D eigenvalue weighted by Gasteiger charge is -2.06. The molecule has 0 unspecified atom stereocenters. The van der Waals surface area contributed by atoms with Gasteiger partial charge in [0.25, 0.3) is 0 Å². The van der Waals surface area contributed by atoms with Crippen molar-refractivity contribution in [1.82, 2.24) is 0 Å². The van der Waals surface area contributed by atoms with E-state index in [0.717, 1.165) is 10.1 Å². The van der Waals surface area contributed by atoms with Crippen molar-refractivity contribution in [3.05, 3.63) is 27.0 Å². The summed E-state index contributed by atoms with van der Waals surface area (Å²) in [6.07, 6.45) is 0. The van der Waals surface area contributed by atoms with Gasteiger partial charge in [0.15, 0.2) is 0 Å². The summed E-state index contributed by atoms with van der Waals surface area (Å²) >= 11 is 10.7. The maximum Gasteiger partial charge on any atom is 0.490 e. The van der Waals surface area contributed by atoms with E-state index < -0.39 is 7.12 Å². The third kappa shape index (κ3) is 1.59. The van der Waals surface area contributed by atoms with Crippen molar-refractivity contribution in [2.24, 2.45) is 0 Å². The van der Waals surface area contributed by atoms with Crippen LogP contribution in [0.3, 0.4) is 0 Å². The highest BCUT2D eigenvalue weighted by molar-refractivity contribution is 9.10. The molecule has 6 heteroatoms. The summed E-state index contributed by atoms with van der Waals surface area (Å²) in [5, 5.41) is 21.6. The molecular formula is C8H5BBrClO2S. The summed E-state index contributed by atoms with van der Waals surface area (Å²) < 4.78 is 1.49. The predicted molar refractivity (Wildman–Crippen MR) is 64.4 cm³/mol. The van der Waals surface area contributed by atoms with E-state index in [-0.39, 0.29) is 0 Å². The van der Waals surface area contributed by atoms with Gasteiger partial charge in [-0.2, -0.15) is 0 Å². The lowest BCUT2D eigenvalue weighted by atomic mass is 9.78. The number of hydrogen-bond acceptors (Lipinski definition) is 3. The average molecular weight is 291 g/mol. The second-order valence-electron chi connectivity index (χ2n) is 2.79. The summed E-state index contributed by atoms with van der Waals surface area (Å²) in [5.74, 6) is 0. The maximum atomic E-state index is 9.22. The zero-order valence-corrected chi connectivity index (χ0v) is 10.0. The molecule has 0 saturated carbocycles. The van der Waals surface area contributed by atoms with Crippen molar-refractivity contribution in [2.75, 3.05) is 0 Å². The van der Waals surface area contributed by atoms with Gasteiger partial charge in [-0.25, -0.2) is 0 Å². The van der Waals surface area contributed by atoms with Crippen LogP contribution in [0, 0.1) is 0 Å². The summed E-state index contributed by atoms with van der Waals surface area (Å²) in [7, 11) is -1.51. The molecule has 14 heavy (non-hydrogen) atoms. The third-order valence-electron chi connectivity index (χ3n) is 1.95. The van der Waals surface area contributed by atoms with Gasteiger partial charge >= 0.3 is 7.12 Å². The molecule has 0 fully saturated rings. The van der Waals surface area contributed by atoms with Crippen LogP contribution in [0.5, 0.6) is 0 Å². The van der Waals surface area contributed by atoms with Crippen molar-refractivity contribution < 1.29 is 10.0 Å². The molecule has 0 spiro atoms. The summed E-state index contributed by atoms with van der Waals surface area (Å²) in [5.41, 5.74) is 0.425. The van der Waals surface area contributed by atoms with Crippen LogP contribution in [0.25, 0.3) is 10.1 Å². The van der Waals surface area contributed by atoms with E-state index in [0.29, 0.717) is 15.0 Å². The first-order valence-electron chi connectivity index (χ1n) is 3.82. The van der Waals surface area contributed by atoms with Crippen molar-refractivity contribution in [1.29, 1.82) is 0 Å². The highest BCUT2D eigenvalue weighted by atomic mass is 79.9. The van der Waals surface area contributed by atoms with Crippen LogP contribution in [0.4, 0.5) is 0 Å². The predicted octanol–water partition coefficient (Wildman–Crippen LogP) is 2.00. The Labute approximate surface area is 98.4 Å². The van der Waals surface area contributed by atoms with Crippen LogP contribution in [-0.4, -0.2) is 17.2 Å².